The molecule has 0 saturated heterocycles. The van der Waals surface area contributed by atoms with E-state index >= 15 is 0 Å². The number of halogens is 1. The fourth-order valence-corrected chi connectivity index (χ4v) is 3.76. The molecule has 2 aromatic heterocycles. The molecule has 0 radical (unpaired) electrons. The molecule has 1 aromatic carbocycles. The molecule has 4 rings (SSSR count). The lowest BCUT2D eigenvalue weighted by molar-refractivity contribution is 0.0520. The smallest absolute Gasteiger partial charge is 0.347 e. The highest BCUT2D eigenvalue weighted by atomic mass is 19.1. The zero-order valence-corrected chi connectivity index (χ0v) is 15.4. The molecule has 1 N–H and O–H groups in total. The molecular weight excluding hydrogens is 363 g/mol. The Morgan fingerprint density at radius 1 is 1.32 bits per heavy atom. The van der Waals surface area contributed by atoms with E-state index in [2.05, 4.69) is 4.98 Å². The number of aromatic nitrogens is 2. The molecule has 28 heavy (non-hydrogen) atoms. The van der Waals surface area contributed by atoms with Crippen LogP contribution in [0.2, 0.25) is 0 Å². The lowest BCUT2D eigenvalue weighted by Crippen LogP contribution is -2.31. The molecular formula is C21H19FN2O4. The third-order valence-corrected chi connectivity index (χ3v) is 5.03. The minimum atomic E-state index is -0.847. The Bertz CT molecular complexity index is 1140. The van der Waals surface area contributed by atoms with Crippen LogP contribution in [0.15, 0.2) is 35.3 Å². The highest BCUT2D eigenvalue weighted by molar-refractivity contribution is 5.99. The van der Waals surface area contributed by atoms with E-state index in [1.807, 2.05) is 0 Å². The summed E-state index contributed by atoms with van der Waals surface area (Å²) in [5.74, 6) is -1.59. The van der Waals surface area contributed by atoms with Gasteiger partial charge >= 0.3 is 5.97 Å². The predicted octanol–water partition coefficient (Wildman–Crippen LogP) is 2.95. The molecule has 0 fully saturated rings. The van der Waals surface area contributed by atoms with Gasteiger partial charge in [0.05, 0.1) is 12.1 Å². The third-order valence-electron chi connectivity index (χ3n) is 5.03. The van der Waals surface area contributed by atoms with Crippen molar-refractivity contribution in [1.82, 2.24) is 9.55 Å². The number of rotatable bonds is 4. The maximum atomic E-state index is 13.2. The minimum Gasteiger partial charge on any atom is -0.505 e. The van der Waals surface area contributed by atoms with Crippen molar-refractivity contribution in [2.24, 2.45) is 0 Å². The van der Waals surface area contributed by atoms with Crippen molar-refractivity contribution in [3.8, 4) is 5.75 Å². The Morgan fingerprint density at radius 2 is 2.07 bits per heavy atom. The maximum absolute atomic E-state index is 13.2. The second-order valence-electron chi connectivity index (χ2n) is 6.77. The molecule has 7 heteroatoms. The number of carbonyl (C=O) groups is 1. The van der Waals surface area contributed by atoms with Gasteiger partial charge in [0.15, 0.2) is 11.3 Å². The van der Waals surface area contributed by atoms with Crippen LogP contribution in [0.4, 0.5) is 4.39 Å². The first-order chi connectivity index (χ1) is 13.5. The largest absolute Gasteiger partial charge is 0.505 e. The summed E-state index contributed by atoms with van der Waals surface area (Å²) in [4.78, 5) is 29.4. The molecule has 0 unspecified atom stereocenters. The van der Waals surface area contributed by atoms with Gasteiger partial charge in [0, 0.05) is 12.7 Å². The number of ether oxygens (including phenoxy) is 1. The average Bonchev–Trinajstić information content (AvgIpc) is 2.69. The summed E-state index contributed by atoms with van der Waals surface area (Å²) < 4.78 is 19.6. The van der Waals surface area contributed by atoms with Crippen LogP contribution >= 0.6 is 0 Å². The van der Waals surface area contributed by atoms with Gasteiger partial charge < -0.3 is 14.4 Å². The van der Waals surface area contributed by atoms with E-state index in [9.17, 15) is 19.1 Å². The first-order valence-corrected chi connectivity index (χ1v) is 9.19. The van der Waals surface area contributed by atoms with Crippen molar-refractivity contribution in [2.75, 3.05) is 6.61 Å². The van der Waals surface area contributed by atoms with Gasteiger partial charge in [0.1, 0.15) is 11.3 Å². The predicted molar refractivity (Wildman–Crippen MR) is 101 cm³/mol. The van der Waals surface area contributed by atoms with Crippen LogP contribution in [0.25, 0.3) is 11.0 Å². The lowest BCUT2D eigenvalue weighted by atomic mass is 9.94. The fourth-order valence-electron chi connectivity index (χ4n) is 3.76. The SMILES string of the molecule is CCOC(=O)c1c(O)c2ncc(Cc3ccc(F)cc3)c3c2n(c1=O)CCC3. The minimum absolute atomic E-state index is 0.102. The highest BCUT2D eigenvalue weighted by Crippen LogP contribution is 2.33. The quantitative estimate of drug-likeness (QED) is 0.702. The average molecular weight is 382 g/mol. The van der Waals surface area contributed by atoms with Crippen LogP contribution in [0.1, 0.15) is 40.4 Å². The van der Waals surface area contributed by atoms with Crippen LogP contribution < -0.4 is 5.56 Å². The number of esters is 1. The summed E-state index contributed by atoms with van der Waals surface area (Å²) in [7, 11) is 0. The second-order valence-corrected chi connectivity index (χ2v) is 6.77. The fraction of sp³-hybridized carbons (Fsp3) is 0.286. The molecule has 6 nitrogen and oxygen atoms in total. The molecule has 3 heterocycles. The number of aryl methyl sites for hydroxylation is 2. The molecule has 0 saturated carbocycles. The van der Waals surface area contributed by atoms with Crippen LogP contribution in [0.3, 0.4) is 0 Å². The Hall–Kier alpha value is -3.22. The standard InChI is InChI=1S/C21H19FN2O4/c1-2-28-21(27)16-19(25)17-18-15(4-3-9-24(18)20(16)26)13(11-23-17)10-12-5-7-14(22)8-6-12/h5-8,11,25H,2-4,9-10H2,1H3. The summed E-state index contributed by atoms with van der Waals surface area (Å²) in [6.45, 7) is 2.18. The van der Waals surface area contributed by atoms with E-state index in [0.29, 0.717) is 18.5 Å². The number of aromatic hydroxyl groups is 1. The summed E-state index contributed by atoms with van der Waals surface area (Å²) in [5, 5.41) is 10.6. The van der Waals surface area contributed by atoms with Gasteiger partial charge in [0.2, 0.25) is 0 Å². The van der Waals surface area contributed by atoms with Gasteiger partial charge in [-0.1, -0.05) is 12.1 Å². The summed E-state index contributed by atoms with van der Waals surface area (Å²) in [6.07, 6.45) is 3.64. The van der Waals surface area contributed by atoms with Gasteiger partial charge in [-0.15, -0.1) is 0 Å². The number of hydrogen-bond donors (Lipinski definition) is 1. The molecule has 144 valence electrons. The van der Waals surface area contributed by atoms with Crippen molar-refractivity contribution >= 4 is 17.0 Å². The molecule has 0 spiro atoms. The second kappa shape index (κ2) is 7.07. The first-order valence-electron chi connectivity index (χ1n) is 9.19. The van der Waals surface area contributed by atoms with Crippen LogP contribution in [0, 0.1) is 5.82 Å². The molecule has 3 aromatic rings. The number of benzene rings is 1. The van der Waals surface area contributed by atoms with Gasteiger partial charge in [-0.05, 0) is 55.0 Å². The Balaban J connectivity index is 1.91. The van der Waals surface area contributed by atoms with Crippen LogP contribution in [0.5, 0.6) is 5.75 Å². The summed E-state index contributed by atoms with van der Waals surface area (Å²) >= 11 is 0. The number of nitrogens with zero attached hydrogens (tertiary/aromatic N) is 2. The van der Waals surface area contributed by atoms with E-state index in [1.54, 1.807) is 25.3 Å². The van der Waals surface area contributed by atoms with Gasteiger partial charge in [0.25, 0.3) is 5.56 Å². The van der Waals surface area contributed by atoms with E-state index in [-0.39, 0.29) is 23.5 Å². The Labute approximate surface area is 160 Å². The molecule has 1 aliphatic heterocycles. The molecule has 0 atom stereocenters. The van der Waals surface area contributed by atoms with Crippen molar-refractivity contribution < 1.29 is 19.0 Å². The van der Waals surface area contributed by atoms with Gasteiger partial charge in [-0.3, -0.25) is 9.78 Å². The van der Waals surface area contributed by atoms with E-state index in [1.165, 1.54) is 16.7 Å². The maximum Gasteiger partial charge on any atom is 0.347 e. The van der Waals surface area contributed by atoms with E-state index in [4.69, 9.17) is 4.74 Å². The summed E-state index contributed by atoms with van der Waals surface area (Å²) in [5.41, 5.74) is 2.59. The summed E-state index contributed by atoms with van der Waals surface area (Å²) in [6, 6.07) is 6.23. The van der Waals surface area contributed by atoms with E-state index in [0.717, 1.165) is 29.5 Å². The van der Waals surface area contributed by atoms with E-state index < -0.39 is 17.3 Å². The number of pyridine rings is 2. The van der Waals surface area contributed by atoms with Crippen LogP contribution in [-0.2, 0) is 24.1 Å². The molecule has 0 aliphatic carbocycles. The molecule has 1 aliphatic rings. The van der Waals surface area contributed by atoms with Gasteiger partial charge in [-0.25, -0.2) is 9.18 Å². The Kier molecular flexibility index (Phi) is 4.58. The Morgan fingerprint density at radius 3 is 2.79 bits per heavy atom. The van der Waals surface area contributed by atoms with Crippen LogP contribution in [-0.4, -0.2) is 27.2 Å². The van der Waals surface area contributed by atoms with Gasteiger partial charge in [-0.2, -0.15) is 0 Å². The first kappa shape index (κ1) is 18.2. The highest BCUT2D eigenvalue weighted by Gasteiger charge is 2.28. The normalized spacial score (nSPS) is 12.9. The number of carbonyl (C=O) groups excluding carboxylic acids is 1. The monoisotopic (exact) mass is 382 g/mol. The van der Waals surface area contributed by atoms with Crippen molar-refractivity contribution in [3.63, 3.8) is 0 Å². The zero-order chi connectivity index (χ0) is 19.8. The zero-order valence-electron chi connectivity index (χ0n) is 15.4. The molecule has 0 bridgehead atoms. The number of hydrogen-bond acceptors (Lipinski definition) is 5. The third kappa shape index (κ3) is 2.93. The lowest BCUT2D eigenvalue weighted by Gasteiger charge is -2.23. The molecule has 0 amide bonds. The van der Waals surface area contributed by atoms with Crippen molar-refractivity contribution in [2.45, 2.75) is 32.7 Å². The van der Waals surface area contributed by atoms with Crippen molar-refractivity contribution in [1.29, 1.82) is 0 Å². The van der Waals surface area contributed by atoms with Crippen molar-refractivity contribution in [3.05, 3.63) is 68.9 Å². The topological polar surface area (TPSA) is 81.4 Å².